The molecule has 1 amide bonds. The number of fused-ring (bicyclic) bond motifs is 3. The molecule has 1 fully saturated rings. The highest BCUT2D eigenvalue weighted by Gasteiger charge is 2.51. The lowest BCUT2D eigenvalue weighted by molar-refractivity contribution is -0.119. The molecule has 0 spiro atoms. The van der Waals surface area contributed by atoms with Crippen LogP contribution in [0.5, 0.6) is 0 Å². The minimum atomic E-state index is 0.103. The first kappa shape index (κ1) is 18.9. The molecule has 0 unspecified atom stereocenters. The fourth-order valence-electron chi connectivity index (χ4n) is 5.56. The van der Waals surface area contributed by atoms with Gasteiger partial charge in [0.2, 0.25) is 5.91 Å². The number of nitrogens with one attached hydrogen (secondary N) is 1. The number of halogens is 1. The number of aryl methyl sites for hydroxylation is 1. The number of rotatable bonds is 4. The van der Waals surface area contributed by atoms with E-state index in [0.29, 0.717) is 17.2 Å². The minimum absolute atomic E-state index is 0.103. The van der Waals surface area contributed by atoms with Crippen molar-refractivity contribution in [2.24, 2.45) is 11.3 Å². The Labute approximate surface area is 161 Å². The van der Waals surface area contributed by atoms with Crippen LogP contribution in [0.3, 0.4) is 0 Å². The summed E-state index contributed by atoms with van der Waals surface area (Å²) in [6.07, 6.45) is 6.16. The second-order valence-electron chi connectivity index (χ2n) is 9.00. The molecule has 0 bridgehead atoms. The van der Waals surface area contributed by atoms with E-state index in [1.165, 1.54) is 37.7 Å². The molecule has 2 aliphatic carbocycles. The molecule has 0 radical (unpaired) electrons. The maximum atomic E-state index is 11.8. The summed E-state index contributed by atoms with van der Waals surface area (Å²) in [6, 6.07) is 7.22. The van der Waals surface area contributed by atoms with Gasteiger partial charge in [-0.05, 0) is 65.0 Å². The predicted octanol–water partition coefficient (Wildman–Crippen LogP) is 5.33. The molecular weight excluding hydrogens is 374 g/mol. The van der Waals surface area contributed by atoms with Crippen molar-refractivity contribution >= 4 is 21.8 Å². The van der Waals surface area contributed by atoms with Crippen LogP contribution in [0.2, 0.25) is 0 Å². The summed E-state index contributed by atoms with van der Waals surface area (Å²) in [6.45, 7) is 10.2. The fraction of sp³-hybridized carbons (Fsp3) is 0.682. The Bertz CT molecular complexity index is 655. The van der Waals surface area contributed by atoms with E-state index in [2.05, 4.69) is 67.1 Å². The van der Waals surface area contributed by atoms with Crippen molar-refractivity contribution in [2.45, 2.75) is 71.1 Å². The van der Waals surface area contributed by atoms with Gasteiger partial charge in [-0.3, -0.25) is 4.79 Å². The summed E-state index contributed by atoms with van der Waals surface area (Å²) in [5.41, 5.74) is 5.04. The molecule has 1 saturated carbocycles. The lowest BCUT2D eigenvalue weighted by Gasteiger charge is -2.55. The monoisotopic (exact) mass is 405 g/mol. The van der Waals surface area contributed by atoms with Gasteiger partial charge in [0.1, 0.15) is 0 Å². The average Bonchev–Trinajstić information content (AvgIpc) is 2.59. The number of benzene rings is 1. The molecule has 25 heavy (non-hydrogen) atoms. The lowest BCUT2D eigenvalue weighted by atomic mass is 9.49. The summed E-state index contributed by atoms with van der Waals surface area (Å²) in [4.78, 5) is 11.8. The SMILES string of the molecule is CC(C)c1ccc2c(c1)CC[C@H]1[C@](C)(CNC(=O)CBr)CCC[C@]21C. The second-order valence-corrected chi connectivity index (χ2v) is 9.56. The molecule has 0 aliphatic heterocycles. The molecule has 1 N–H and O–H groups in total. The largest absolute Gasteiger partial charge is 0.355 e. The van der Waals surface area contributed by atoms with Crippen molar-refractivity contribution in [3.63, 3.8) is 0 Å². The van der Waals surface area contributed by atoms with Gasteiger partial charge in [0, 0.05) is 6.54 Å². The Morgan fingerprint density at radius 1 is 1.32 bits per heavy atom. The van der Waals surface area contributed by atoms with Crippen molar-refractivity contribution in [3.8, 4) is 0 Å². The van der Waals surface area contributed by atoms with Crippen molar-refractivity contribution in [2.75, 3.05) is 11.9 Å². The first-order valence-electron chi connectivity index (χ1n) is 9.76. The van der Waals surface area contributed by atoms with Gasteiger partial charge in [-0.1, -0.05) is 68.2 Å². The number of hydrogen-bond donors (Lipinski definition) is 1. The molecule has 3 atom stereocenters. The van der Waals surface area contributed by atoms with Crippen LogP contribution in [0.1, 0.15) is 76.0 Å². The quantitative estimate of drug-likeness (QED) is 0.673. The van der Waals surface area contributed by atoms with Crippen LogP contribution in [-0.2, 0) is 16.6 Å². The Morgan fingerprint density at radius 3 is 2.76 bits per heavy atom. The maximum absolute atomic E-state index is 11.8. The highest BCUT2D eigenvalue weighted by molar-refractivity contribution is 9.09. The van der Waals surface area contributed by atoms with Crippen LogP contribution < -0.4 is 5.32 Å². The van der Waals surface area contributed by atoms with E-state index < -0.39 is 0 Å². The van der Waals surface area contributed by atoms with Gasteiger partial charge in [0.05, 0.1) is 5.33 Å². The van der Waals surface area contributed by atoms with E-state index in [-0.39, 0.29) is 16.7 Å². The Hall–Kier alpha value is -0.830. The summed E-state index contributed by atoms with van der Waals surface area (Å²) in [5.74, 6) is 1.33. The average molecular weight is 406 g/mol. The topological polar surface area (TPSA) is 29.1 Å². The van der Waals surface area contributed by atoms with Crippen molar-refractivity contribution in [3.05, 3.63) is 34.9 Å². The zero-order chi connectivity index (χ0) is 18.2. The van der Waals surface area contributed by atoms with E-state index in [0.717, 1.165) is 6.54 Å². The highest BCUT2D eigenvalue weighted by Crippen LogP contribution is 2.57. The molecule has 0 aromatic heterocycles. The maximum Gasteiger partial charge on any atom is 0.230 e. The number of alkyl halides is 1. The van der Waals surface area contributed by atoms with Crippen LogP contribution >= 0.6 is 15.9 Å². The zero-order valence-electron chi connectivity index (χ0n) is 16.1. The van der Waals surface area contributed by atoms with Gasteiger partial charge in [-0.15, -0.1) is 0 Å². The number of carbonyl (C=O) groups excluding carboxylic acids is 1. The van der Waals surface area contributed by atoms with Gasteiger partial charge in [-0.25, -0.2) is 0 Å². The summed E-state index contributed by atoms with van der Waals surface area (Å²) in [5, 5.41) is 3.55. The van der Waals surface area contributed by atoms with Crippen LogP contribution in [0, 0.1) is 11.3 Å². The van der Waals surface area contributed by atoms with Gasteiger partial charge < -0.3 is 5.32 Å². The van der Waals surface area contributed by atoms with E-state index in [4.69, 9.17) is 0 Å². The third kappa shape index (κ3) is 3.41. The molecular formula is C22H32BrNO. The molecule has 0 heterocycles. The molecule has 1 aromatic carbocycles. The van der Waals surface area contributed by atoms with Crippen molar-refractivity contribution in [1.29, 1.82) is 0 Å². The third-order valence-electron chi connectivity index (χ3n) is 6.98. The summed E-state index contributed by atoms with van der Waals surface area (Å²) in [7, 11) is 0. The molecule has 138 valence electrons. The van der Waals surface area contributed by atoms with E-state index >= 15 is 0 Å². The Balaban J connectivity index is 1.91. The molecule has 1 aromatic rings. The van der Waals surface area contributed by atoms with Gasteiger partial charge in [0.25, 0.3) is 0 Å². The van der Waals surface area contributed by atoms with Gasteiger partial charge >= 0.3 is 0 Å². The van der Waals surface area contributed by atoms with Crippen molar-refractivity contribution in [1.82, 2.24) is 5.32 Å². The summed E-state index contributed by atoms with van der Waals surface area (Å²) >= 11 is 3.26. The molecule has 0 saturated heterocycles. The number of hydrogen-bond acceptors (Lipinski definition) is 1. The third-order valence-corrected chi connectivity index (χ3v) is 7.49. The standard InChI is InChI=1S/C22H32BrNO/c1-15(2)16-6-8-18-17(12-16)7-9-19-21(3,14-24-20(25)13-23)10-5-11-22(18,19)4/h6,8,12,15,19H,5,7,9-11,13-14H2,1-4H3,(H,24,25)/t19-,21-,22+/m0/s1. The normalized spacial score (nSPS) is 31.4. The van der Waals surface area contributed by atoms with Crippen molar-refractivity contribution < 1.29 is 4.79 Å². The van der Waals surface area contributed by atoms with Crippen LogP contribution in [0.25, 0.3) is 0 Å². The van der Waals surface area contributed by atoms with Crippen LogP contribution in [0.15, 0.2) is 18.2 Å². The van der Waals surface area contributed by atoms with E-state index in [1.807, 2.05) is 0 Å². The summed E-state index contributed by atoms with van der Waals surface area (Å²) < 4.78 is 0. The number of amides is 1. The minimum Gasteiger partial charge on any atom is -0.355 e. The second kappa shape index (κ2) is 7.06. The Morgan fingerprint density at radius 2 is 2.08 bits per heavy atom. The van der Waals surface area contributed by atoms with Gasteiger partial charge in [0.15, 0.2) is 0 Å². The molecule has 3 rings (SSSR count). The molecule has 2 aliphatic rings. The van der Waals surface area contributed by atoms with E-state index in [9.17, 15) is 4.79 Å². The lowest BCUT2D eigenvalue weighted by Crippen LogP contribution is -2.53. The predicted molar refractivity (Wildman–Crippen MR) is 108 cm³/mol. The molecule has 2 nitrogen and oxygen atoms in total. The fourth-order valence-corrected chi connectivity index (χ4v) is 5.76. The first-order chi connectivity index (χ1) is 11.8. The van der Waals surface area contributed by atoms with Gasteiger partial charge in [-0.2, -0.15) is 0 Å². The van der Waals surface area contributed by atoms with E-state index in [1.54, 1.807) is 11.1 Å². The zero-order valence-corrected chi connectivity index (χ0v) is 17.7. The smallest absolute Gasteiger partial charge is 0.230 e. The number of carbonyl (C=O) groups is 1. The Kier molecular flexibility index (Phi) is 5.35. The first-order valence-corrected chi connectivity index (χ1v) is 10.9. The highest BCUT2D eigenvalue weighted by atomic mass is 79.9. The van der Waals surface area contributed by atoms with Crippen LogP contribution in [0.4, 0.5) is 0 Å². The van der Waals surface area contributed by atoms with Crippen LogP contribution in [-0.4, -0.2) is 17.8 Å². The molecule has 3 heteroatoms.